The lowest BCUT2D eigenvalue weighted by Crippen LogP contribution is -2.48. The molecule has 5 nitrogen and oxygen atoms in total. The highest BCUT2D eigenvalue weighted by molar-refractivity contribution is 8.01. The molecule has 0 aliphatic carbocycles. The second kappa shape index (κ2) is 4.72. The summed E-state index contributed by atoms with van der Waals surface area (Å²) in [6.45, 7) is 1.63. The average molecular weight is 233 g/mol. The number of hydrogen-bond acceptors (Lipinski definition) is 7. The molecule has 0 radical (unpaired) electrons. The van der Waals surface area contributed by atoms with E-state index in [-0.39, 0.29) is 0 Å². The van der Waals surface area contributed by atoms with Gasteiger partial charge in [-0.3, -0.25) is 4.79 Å². The Hall–Kier alpha value is -0.660. The number of hydrogen-bond donors (Lipinski definition) is 1. The Morgan fingerprint density at radius 3 is 3.07 bits per heavy atom. The fraction of sp³-hybridized carbons (Fsp3) is 0.571. The van der Waals surface area contributed by atoms with E-state index < -0.39 is 11.5 Å². The minimum absolute atomic E-state index is 0.422. The Bertz CT molecular complexity index is 300. The summed E-state index contributed by atoms with van der Waals surface area (Å²) >= 11 is 2.81. The van der Waals surface area contributed by atoms with Crippen molar-refractivity contribution in [2.75, 3.05) is 12.9 Å². The average Bonchev–Trinajstić information content (AvgIpc) is 2.66. The van der Waals surface area contributed by atoms with Crippen LogP contribution < -0.4 is 5.73 Å². The lowest BCUT2D eigenvalue weighted by atomic mass is 10.1. The maximum atomic E-state index is 11.2. The van der Waals surface area contributed by atoms with Gasteiger partial charge in [0.25, 0.3) is 0 Å². The molecular weight excluding hydrogens is 222 g/mol. The molecule has 0 aromatic carbocycles. The molecule has 1 atom stereocenters. The van der Waals surface area contributed by atoms with Crippen LogP contribution in [0.25, 0.3) is 0 Å². The lowest BCUT2D eigenvalue weighted by Gasteiger charge is -2.19. The maximum absolute atomic E-state index is 11.2. The lowest BCUT2D eigenvalue weighted by molar-refractivity contribution is -0.145. The summed E-state index contributed by atoms with van der Waals surface area (Å²) in [6, 6.07) is 0. The van der Waals surface area contributed by atoms with Gasteiger partial charge in [-0.25, -0.2) is 0 Å². The van der Waals surface area contributed by atoms with E-state index in [4.69, 9.17) is 5.73 Å². The Balaban J connectivity index is 2.48. The van der Waals surface area contributed by atoms with E-state index in [2.05, 4.69) is 14.9 Å². The fourth-order valence-corrected chi connectivity index (χ4v) is 2.23. The Morgan fingerprint density at radius 2 is 2.57 bits per heavy atom. The number of rotatable bonds is 4. The molecule has 0 bridgehead atoms. The minimum atomic E-state index is -0.981. The van der Waals surface area contributed by atoms with Crippen LogP contribution >= 0.6 is 23.1 Å². The smallest absolute Gasteiger partial charge is 0.326 e. The van der Waals surface area contributed by atoms with Crippen molar-refractivity contribution in [2.45, 2.75) is 16.8 Å². The van der Waals surface area contributed by atoms with E-state index in [1.54, 1.807) is 12.4 Å². The van der Waals surface area contributed by atoms with Gasteiger partial charge < -0.3 is 10.5 Å². The summed E-state index contributed by atoms with van der Waals surface area (Å²) < 4.78 is 5.37. The van der Waals surface area contributed by atoms with Crippen molar-refractivity contribution >= 4 is 29.1 Å². The van der Waals surface area contributed by atoms with Gasteiger partial charge in [-0.2, -0.15) is 0 Å². The molecule has 1 heterocycles. The number of carbonyl (C=O) groups excluding carboxylic acids is 1. The van der Waals surface area contributed by atoms with Gasteiger partial charge in [-0.1, -0.05) is 23.1 Å². The molecule has 1 rings (SSSR count). The molecule has 0 amide bonds. The van der Waals surface area contributed by atoms with Crippen LogP contribution in [0.5, 0.6) is 0 Å². The van der Waals surface area contributed by atoms with Gasteiger partial charge in [0.05, 0.1) is 7.11 Å². The van der Waals surface area contributed by atoms with Gasteiger partial charge in [0, 0.05) is 5.75 Å². The second-order valence-electron chi connectivity index (χ2n) is 2.90. The van der Waals surface area contributed by atoms with E-state index in [9.17, 15) is 4.79 Å². The molecule has 1 aromatic heterocycles. The van der Waals surface area contributed by atoms with Crippen LogP contribution in [0.1, 0.15) is 6.92 Å². The number of methoxy groups -OCH3 is 1. The van der Waals surface area contributed by atoms with Crippen molar-refractivity contribution in [1.29, 1.82) is 0 Å². The van der Waals surface area contributed by atoms with Crippen molar-refractivity contribution in [3.8, 4) is 0 Å². The molecule has 0 saturated heterocycles. The minimum Gasteiger partial charge on any atom is -0.468 e. The van der Waals surface area contributed by atoms with E-state index in [1.165, 1.54) is 30.2 Å². The molecule has 2 N–H and O–H groups in total. The third-order valence-corrected chi connectivity index (χ3v) is 3.69. The van der Waals surface area contributed by atoms with Gasteiger partial charge in [-0.05, 0) is 6.92 Å². The number of thioether (sulfide) groups is 1. The highest BCUT2D eigenvalue weighted by atomic mass is 32.2. The molecular formula is C7H11N3O2S2. The van der Waals surface area contributed by atoms with Crippen molar-refractivity contribution in [2.24, 2.45) is 5.73 Å². The van der Waals surface area contributed by atoms with Crippen molar-refractivity contribution < 1.29 is 9.53 Å². The molecule has 0 spiro atoms. The second-order valence-corrected chi connectivity index (χ2v) is 4.96. The highest BCUT2D eigenvalue weighted by Crippen LogP contribution is 2.22. The summed E-state index contributed by atoms with van der Waals surface area (Å²) in [5, 5.41) is 7.51. The van der Waals surface area contributed by atoms with E-state index >= 15 is 0 Å². The summed E-state index contributed by atoms with van der Waals surface area (Å²) in [5.74, 6) is 0.00372. The fourth-order valence-electron chi connectivity index (χ4n) is 0.730. The van der Waals surface area contributed by atoms with Gasteiger partial charge in [0.15, 0.2) is 4.34 Å². The molecule has 0 saturated carbocycles. The normalized spacial score (nSPS) is 14.8. The van der Waals surface area contributed by atoms with E-state index in [0.29, 0.717) is 5.75 Å². The van der Waals surface area contributed by atoms with E-state index in [0.717, 1.165) is 4.34 Å². The zero-order valence-corrected chi connectivity index (χ0v) is 9.52. The Labute approximate surface area is 90.0 Å². The van der Waals surface area contributed by atoms with Crippen LogP contribution in [-0.4, -0.2) is 34.6 Å². The third kappa shape index (κ3) is 2.93. The van der Waals surface area contributed by atoms with Crippen LogP contribution in [0.3, 0.4) is 0 Å². The van der Waals surface area contributed by atoms with Crippen LogP contribution in [0, 0.1) is 0 Å². The summed E-state index contributed by atoms with van der Waals surface area (Å²) in [7, 11) is 1.32. The summed E-state index contributed by atoms with van der Waals surface area (Å²) in [6.07, 6.45) is 0. The molecule has 1 unspecified atom stereocenters. The number of esters is 1. The van der Waals surface area contributed by atoms with Crippen molar-refractivity contribution in [3.05, 3.63) is 5.51 Å². The first kappa shape index (κ1) is 11.4. The van der Waals surface area contributed by atoms with Gasteiger partial charge in [0.1, 0.15) is 11.0 Å². The number of aromatic nitrogens is 2. The van der Waals surface area contributed by atoms with Gasteiger partial charge >= 0.3 is 5.97 Å². The molecule has 0 aliphatic rings. The topological polar surface area (TPSA) is 78.1 Å². The molecule has 0 fully saturated rings. The van der Waals surface area contributed by atoms with Crippen molar-refractivity contribution in [3.63, 3.8) is 0 Å². The first-order valence-electron chi connectivity index (χ1n) is 3.82. The Morgan fingerprint density at radius 1 is 1.86 bits per heavy atom. The first-order valence-corrected chi connectivity index (χ1v) is 5.69. The number of ether oxygens (including phenoxy) is 1. The summed E-state index contributed by atoms with van der Waals surface area (Å²) in [4.78, 5) is 11.2. The van der Waals surface area contributed by atoms with Gasteiger partial charge in [0.2, 0.25) is 0 Å². The zero-order chi connectivity index (χ0) is 10.6. The predicted octanol–water partition coefficient (Wildman–Crippen LogP) is 0.521. The number of nitrogens with zero attached hydrogens (tertiary/aromatic N) is 2. The van der Waals surface area contributed by atoms with Crippen LogP contribution in [-0.2, 0) is 9.53 Å². The molecule has 78 valence electrons. The van der Waals surface area contributed by atoms with E-state index in [1.807, 2.05) is 0 Å². The van der Waals surface area contributed by atoms with Gasteiger partial charge in [-0.15, -0.1) is 10.2 Å². The maximum Gasteiger partial charge on any atom is 0.326 e. The highest BCUT2D eigenvalue weighted by Gasteiger charge is 2.29. The number of carbonyl (C=O) groups is 1. The largest absolute Gasteiger partial charge is 0.468 e. The molecule has 7 heteroatoms. The number of nitrogens with two attached hydrogens (primary N) is 1. The molecule has 0 aliphatic heterocycles. The molecule has 14 heavy (non-hydrogen) atoms. The summed E-state index contributed by atoms with van der Waals surface area (Å²) in [5.41, 5.74) is 6.40. The zero-order valence-electron chi connectivity index (χ0n) is 7.89. The first-order chi connectivity index (χ1) is 6.56. The Kier molecular flexibility index (Phi) is 3.85. The van der Waals surface area contributed by atoms with Crippen LogP contribution in [0.15, 0.2) is 9.85 Å². The van der Waals surface area contributed by atoms with Crippen molar-refractivity contribution in [1.82, 2.24) is 10.2 Å². The predicted molar refractivity (Wildman–Crippen MR) is 55.2 cm³/mol. The van der Waals surface area contributed by atoms with Crippen LogP contribution in [0.4, 0.5) is 0 Å². The van der Waals surface area contributed by atoms with Crippen LogP contribution in [0.2, 0.25) is 0 Å². The SMILES string of the molecule is COC(=O)C(C)(N)CSc1nncs1. The standard InChI is InChI=1S/C7H11N3O2S2/c1-7(8,5(11)12-2)3-13-6-10-9-4-14-6/h4H,3,8H2,1-2H3. The monoisotopic (exact) mass is 233 g/mol. The third-order valence-electron chi connectivity index (χ3n) is 1.49. The quantitative estimate of drug-likeness (QED) is 0.603. The molecule has 1 aromatic rings.